The van der Waals surface area contributed by atoms with Gasteiger partial charge in [-0.1, -0.05) is 20.8 Å². The number of hydrogen-bond acceptors (Lipinski definition) is 3. The molecule has 12 heavy (non-hydrogen) atoms. The molecule has 3 heteroatoms. The van der Waals surface area contributed by atoms with Crippen LogP contribution in [0.2, 0.25) is 0 Å². The molecule has 0 spiro atoms. The third-order valence-electron chi connectivity index (χ3n) is 2.18. The van der Waals surface area contributed by atoms with Crippen molar-refractivity contribution in [3.8, 4) is 0 Å². The van der Waals surface area contributed by atoms with E-state index in [1.807, 2.05) is 7.05 Å². The summed E-state index contributed by atoms with van der Waals surface area (Å²) in [5.41, 5.74) is 6.16. The zero-order valence-corrected chi connectivity index (χ0v) is 8.92. The first kappa shape index (κ1) is 11.9. The van der Waals surface area contributed by atoms with Gasteiger partial charge in [0, 0.05) is 19.6 Å². The molecule has 0 amide bonds. The number of hydroxylamine groups is 2. The lowest BCUT2D eigenvalue weighted by Crippen LogP contribution is -2.37. The highest BCUT2D eigenvalue weighted by atomic mass is 16.7. The molecular formula is C9H22N2O. The Labute approximate surface area is 75.8 Å². The van der Waals surface area contributed by atoms with Gasteiger partial charge in [-0.15, -0.1) is 0 Å². The first-order valence-electron chi connectivity index (χ1n) is 4.38. The van der Waals surface area contributed by atoms with Crippen molar-refractivity contribution in [1.82, 2.24) is 5.06 Å². The largest absolute Gasteiger partial charge is 0.327 e. The van der Waals surface area contributed by atoms with E-state index in [2.05, 4.69) is 20.8 Å². The molecule has 0 aliphatic rings. The van der Waals surface area contributed by atoms with Crippen LogP contribution in [0.4, 0.5) is 0 Å². The standard InChI is InChI=1S/C9H22N2O/c1-9(2,3)8(10)6-7-11(4)12-5/h8H,6-7,10H2,1-5H3. The molecule has 3 nitrogen and oxygen atoms in total. The van der Waals surface area contributed by atoms with E-state index >= 15 is 0 Å². The van der Waals surface area contributed by atoms with Gasteiger partial charge in [-0.05, 0) is 11.8 Å². The molecule has 0 saturated carbocycles. The van der Waals surface area contributed by atoms with Crippen LogP contribution < -0.4 is 5.73 Å². The number of rotatable bonds is 4. The highest BCUT2D eigenvalue weighted by Crippen LogP contribution is 2.19. The molecule has 1 atom stereocenters. The van der Waals surface area contributed by atoms with E-state index in [0.717, 1.165) is 13.0 Å². The fourth-order valence-electron chi connectivity index (χ4n) is 0.845. The Morgan fingerprint density at radius 2 is 1.92 bits per heavy atom. The average Bonchev–Trinajstić information content (AvgIpc) is 1.97. The average molecular weight is 174 g/mol. The maximum Gasteiger partial charge on any atom is 0.0575 e. The molecule has 0 heterocycles. The molecule has 0 aromatic heterocycles. The molecule has 0 aliphatic heterocycles. The van der Waals surface area contributed by atoms with Gasteiger partial charge < -0.3 is 10.6 Å². The van der Waals surface area contributed by atoms with Crippen LogP contribution in [0.15, 0.2) is 0 Å². The van der Waals surface area contributed by atoms with Gasteiger partial charge in [0.25, 0.3) is 0 Å². The highest BCUT2D eigenvalue weighted by Gasteiger charge is 2.20. The predicted molar refractivity (Wildman–Crippen MR) is 51.7 cm³/mol. The molecule has 0 radical (unpaired) electrons. The zero-order valence-electron chi connectivity index (χ0n) is 8.92. The first-order chi connectivity index (χ1) is 5.38. The minimum absolute atomic E-state index is 0.189. The lowest BCUT2D eigenvalue weighted by atomic mass is 9.85. The van der Waals surface area contributed by atoms with E-state index in [9.17, 15) is 0 Å². The number of hydrogen-bond donors (Lipinski definition) is 1. The van der Waals surface area contributed by atoms with Crippen molar-refractivity contribution in [2.75, 3.05) is 20.7 Å². The summed E-state index contributed by atoms with van der Waals surface area (Å²) in [7, 11) is 3.58. The minimum Gasteiger partial charge on any atom is -0.327 e. The molecule has 0 rings (SSSR count). The molecule has 0 aromatic carbocycles. The zero-order chi connectivity index (χ0) is 9.78. The van der Waals surface area contributed by atoms with Crippen molar-refractivity contribution in [2.24, 2.45) is 11.1 Å². The van der Waals surface area contributed by atoms with Crippen LogP contribution in [0.1, 0.15) is 27.2 Å². The summed E-state index contributed by atoms with van der Waals surface area (Å²) < 4.78 is 0. The lowest BCUT2D eigenvalue weighted by molar-refractivity contribution is -0.111. The first-order valence-corrected chi connectivity index (χ1v) is 4.38. The summed E-state index contributed by atoms with van der Waals surface area (Å²) >= 11 is 0. The van der Waals surface area contributed by atoms with E-state index < -0.39 is 0 Å². The van der Waals surface area contributed by atoms with Gasteiger partial charge in [0.15, 0.2) is 0 Å². The Hall–Kier alpha value is -0.120. The summed E-state index contributed by atoms with van der Waals surface area (Å²) in [5.74, 6) is 0. The van der Waals surface area contributed by atoms with Gasteiger partial charge in [-0.25, -0.2) is 0 Å². The normalized spacial score (nSPS) is 15.2. The van der Waals surface area contributed by atoms with Crippen molar-refractivity contribution in [2.45, 2.75) is 33.2 Å². The van der Waals surface area contributed by atoms with Gasteiger partial charge in [-0.2, -0.15) is 5.06 Å². The van der Waals surface area contributed by atoms with Crippen LogP contribution in [0.5, 0.6) is 0 Å². The molecule has 0 aliphatic carbocycles. The van der Waals surface area contributed by atoms with Crippen molar-refractivity contribution in [3.63, 3.8) is 0 Å². The molecule has 0 bridgehead atoms. The van der Waals surface area contributed by atoms with Crippen molar-refractivity contribution in [1.29, 1.82) is 0 Å². The molecule has 2 N–H and O–H groups in total. The second-order valence-electron chi connectivity index (χ2n) is 4.30. The van der Waals surface area contributed by atoms with Gasteiger partial charge in [0.05, 0.1) is 7.11 Å². The van der Waals surface area contributed by atoms with E-state index in [1.165, 1.54) is 0 Å². The Morgan fingerprint density at radius 3 is 2.25 bits per heavy atom. The summed E-state index contributed by atoms with van der Waals surface area (Å²) in [4.78, 5) is 4.99. The minimum atomic E-state index is 0.189. The molecule has 0 aromatic rings. The maximum atomic E-state index is 5.97. The highest BCUT2D eigenvalue weighted by molar-refractivity contribution is 4.76. The number of nitrogens with zero attached hydrogens (tertiary/aromatic N) is 1. The predicted octanol–water partition coefficient (Wildman–Crippen LogP) is 1.24. The second kappa shape index (κ2) is 4.80. The molecule has 0 saturated heterocycles. The lowest BCUT2D eigenvalue weighted by Gasteiger charge is -2.28. The third kappa shape index (κ3) is 4.70. The van der Waals surface area contributed by atoms with Crippen molar-refractivity contribution < 1.29 is 4.84 Å². The molecule has 0 fully saturated rings. The van der Waals surface area contributed by atoms with Gasteiger partial charge in [0.1, 0.15) is 0 Å². The SMILES string of the molecule is CON(C)CCC(N)C(C)(C)C. The molecular weight excluding hydrogens is 152 g/mol. The summed E-state index contributed by atoms with van der Waals surface area (Å²) in [6.45, 7) is 7.36. The van der Waals surface area contributed by atoms with Gasteiger partial charge in [0.2, 0.25) is 0 Å². The molecule has 74 valence electrons. The van der Waals surface area contributed by atoms with E-state index in [0.29, 0.717) is 0 Å². The smallest absolute Gasteiger partial charge is 0.0575 e. The Kier molecular flexibility index (Phi) is 4.75. The van der Waals surface area contributed by atoms with E-state index in [-0.39, 0.29) is 11.5 Å². The van der Waals surface area contributed by atoms with Crippen LogP contribution >= 0.6 is 0 Å². The van der Waals surface area contributed by atoms with Crippen LogP contribution in [0, 0.1) is 5.41 Å². The van der Waals surface area contributed by atoms with Crippen LogP contribution in [0.25, 0.3) is 0 Å². The third-order valence-corrected chi connectivity index (χ3v) is 2.18. The topological polar surface area (TPSA) is 38.5 Å². The second-order valence-corrected chi connectivity index (χ2v) is 4.30. The number of nitrogens with two attached hydrogens (primary N) is 1. The van der Waals surface area contributed by atoms with Crippen LogP contribution in [0.3, 0.4) is 0 Å². The Morgan fingerprint density at radius 1 is 1.42 bits per heavy atom. The quantitative estimate of drug-likeness (QED) is 0.652. The van der Waals surface area contributed by atoms with Crippen molar-refractivity contribution >= 4 is 0 Å². The van der Waals surface area contributed by atoms with E-state index in [1.54, 1.807) is 12.2 Å². The van der Waals surface area contributed by atoms with Crippen LogP contribution in [-0.4, -0.2) is 31.8 Å². The van der Waals surface area contributed by atoms with Crippen molar-refractivity contribution in [3.05, 3.63) is 0 Å². The summed E-state index contributed by atoms with van der Waals surface area (Å²) in [6, 6.07) is 0.232. The Balaban J connectivity index is 3.64. The van der Waals surface area contributed by atoms with Crippen LogP contribution in [-0.2, 0) is 4.84 Å². The van der Waals surface area contributed by atoms with E-state index in [4.69, 9.17) is 10.6 Å². The van der Waals surface area contributed by atoms with Gasteiger partial charge >= 0.3 is 0 Å². The molecule has 1 unspecified atom stereocenters. The fraction of sp³-hybridized carbons (Fsp3) is 1.00. The maximum absolute atomic E-state index is 5.97. The fourth-order valence-corrected chi connectivity index (χ4v) is 0.845. The summed E-state index contributed by atoms with van der Waals surface area (Å²) in [5, 5.41) is 1.80. The van der Waals surface area contributed by atoms with Gasteiger partial charge in [-0.3, -0.25) is 0 Å². The Bertz CT molecular complexity index is 120. The monoisotopic (exact) mass is 174 g/mol. The summed E-state index contributed by atoms with van der Waals surface area (Å²) in [6.07, 6.45) is 0.966.